The predicted molar refractivity (Wildman–Crippen MR) is 87.2 cm³/mol. The van der Waals surface area contributed by atoms with E-state index in [4.69, 9.17) is 0 Å². The van der Waals surface area contributed by atoms with Crippen LogP contribution in [-0.4, -0.2) is 22.9 Å². The number of hydrogen-bond donors (Lipinski definition) is 1. The van der Waals surface area contributed by atoms with Gasteiger partial charge in [-0.05, 0) is 57.1 Å². The number of rotatable bonds is 2. The van der Waals surface area contributed by atoms with E-state index in [0.717, 1.165) is 12.3 Å². The van der Waals surface area contributed by atoms with E-state index in [1.54, 1.807) is 11.3 Å². The smallest absolute Gasteiger partial charge is 0.241 e. The normalized spacial score (nSPS) is 37.2. The number of thiophene rings is 1. The molecule has 3 rings (SSSR count). The maximum Gasteiger partial charge on any atom is 0.241 e. The third kappa shape index (κ3) is 2.76. The molecule has 0 radical (unpaired) electrons. The SMILES string of the molecule is Cc1ccc(C2NC(C)C(=O)N2C2CCC(C)CC2C)s1. The van der Waals surface area contributed by atoms with Crippen molar-refractivity contribution in [2.75, 3.05) is 0 Å². The first kappa shape index (κ1) is 15.0. The van der Waals surface area contributed by atoms with E-state index >= 15 is 0 Å². The zero-order valence-corrected chi connectivity index (χ0v) is 14.2. The molecule has 1 saturated heterocycles. The Labute approximate surface area is 131 Å². The predicted octanol–water partition coefficient (Wildman–Crippen LogP) is 3.70. The van der Waals surface area contributed by atoms with E-state index in [0.29, 0.717) is 12.0 Å². The molecule has 4 heteroatoms. The second kappa shape index (κ2) is 5.73. The molecular formula is C17H26N2OS. The van der Waals surface area contributed by atoms with Gasteiger partial charge in [-0.15, -0.1) is 11.3 Å². The lowest BCUT2D eigenvalue weighted by atomic mass is 9.79. The summed E-state index contributed by atoms with van der Waals surface area (Å²) in [7, 11) is 0. The topological polar surface area (TPSA) is 32.3 Å². The minimum atomic E-state index is -0.0658. The minimum Gasteiger partial charge on any atom is -0.317 e. The molecule has 2 fully saturated rings. The molecule has 116 valence electrons. The van der Waals surface area contributed by atoms with Crippen LogP contribution in [0, 0.1) is 18.8 Å². The van der Waals surface area contributed by atoms with Crippen LogP contribution in [0.5, 0.6) is 0 Å². The first-order chi connectivity index (χ1) is 9.97. The van der Waals surface area contributed by atoms with Gasteiger partial charge in [0.25, 0.3) is 0 Å². The molecule has 1 N–H and O–H groups in total. The molecule has 1 aromatic rings. The highest BCUT2D eigenvalue weighted by Crippen LogP contribution is 2.39. The lowest BCUT2D eigenvalue weighted by molar-refractivity contribution is -0.134. The Bertz CT molecular complexity index is 527. The Morgan fingerprint density at radius 2 is 2.00 bits per heavy atom. The van der Waals surface area contributed by atoms with Gasteiger partial charge in [-0.3, -0.25) is 10.1 Å². The van der Waals surface area contributed by atoms with E-state index < -0.39 is 0 Å². The monoisotopic (exact) mass is 306 g/mol. The summed E-state index contributed by atoms with van der Waals surface area (Å²) in [5.41, 5.74) is 0. The van der Waals surface area contributed by atoms with Crippen LogP contribution < -0.4 is 5.32 Å². The maximum atomic E-state index is 12.7. The molecule has 1 saturated carbocycles. The maximum absolute atomic E-state index is 12.7. The Morgan fingerprint density at radius 3 is 2.62 bits per heavy atom. The molecule has 5 unspecified atom stereocenters. The van der Waals surface area contributed by atoms with Crippen LogP contribution >= 0.6 is 11.3 Å². The van der Waals surface area contributed by atoms with Gasteiger partial charge in [-0.25, -0.2) is 0 Å². The van der Waals surface area contributed by atoms with Crippen molar-refractivity contribution >= 4 is 17.2 Å². The van der Waals surface area contributed by atoms with E-state index in [-0.39, 0.29) is 18.1 Å². The second-order valence-electron chi connectivity index (χ2n) is 6.95. The number of hydrogen-bond acceptors (Lipinski definition) is 3. The van der Waals surface area contributed by atoms with Gasteiger partial charge in [0.2, 0.25) is 5.91 Å². The van der Waals surface area contributed by atoms with Crippen molar-refractivity contribution < 1.29 is 4.79 Å². The second-order valence-corrected chi connectivity index (χ2v) is 8.27. The van der Waals surface area contributed by atoms with Crippen LogP contribution in [0.25, 0.3) is 0 Å². The number of carbonyl (C=O) groups excluding carboxylic acids is 1. The van der Waals surface area contributed by atoms with E-state index in [1.807, 2.05) is 6.92 Å². The molecule has 21 heavy (non-hydrogen) atoms. The molecule has 1 aliphatic carbocycles. The van der Waals surface area contributed by atoms with Crippen LogP contribution in [0.15, 0.2) is 12.1 Å². The Hall–Kier alpha value is -0.870. The molecule has 0 aromatic carbocycles. The molecular weight excluding hydrogens is 280 g/mol. The highest BCUT2D eigenvalue weighted by molar-refractivity contribution is 7.12. The summed E-state index contributed by atoms with van der Waals surface area (Å²) < 4.78 is 0. The average Bonchev–Trinajstić information content (AvgIpc) is 2.96. The quantitative estimate of drug-likeness (QED) is 0.903. The zero-order valence-electron chi connectivity index (χ0n) is 13.4. The fourth-order valence-corrected chi connectivity index (χ4v) is 4.91. The lowest BCUT2D eigenvalue weighted by Crippen LogP contribution is -2.45. The molecule has 1 aliphatic heterocycles. The van der Waals surface area contributed by atoms with Crippen molar-refractivity contribution in [1.29, 1.82) is 0 Å². The number of carbonyl (C=O) groups is 1. The van der Waals surface area contributed by atoms with Crippen LogP contribution in [-0.2, 0) is 4.79 Å². The van der Waals surface area contributed by atoms with Gasteiger partial charge >= 0.3 is 0 Å². The van der Waals surface area contributed by atoms with Gasteiger partial charge in [0.15, 0.2) is 0 Å². The summed E-state index contributed by atoms with van der Waals surface area (Å²) in [6, 6.07) is 4.65. The van der Waals surface area contributed by atoms with Crippen molar-refractivity contribution in [2.24, 2.45) is 11.8 Å². The molecule has 2 heterocycles. The Morgan fingerprint density at radius 1 is 1.24 bits per heavy atom. The Kier molecular flexibility index (Phi) is 4.10. The first-order valence-corrected chi connectivity index (χ1v) is 8.93. The van der Waals surface area contributed by atoms with Gasteiger partial charge in [0.1, 0.15) is 6.17 Å². The summed E-state index contributed by atoms with van der Waals surface area (Å²) >= 11 is 1.80. The van der Waals surface area contributed by atoms with Crippen molar-refractivity contribution in [3.8, 4) is 0 Å². The van der Waals surface area contributed by atoms with Crippen molar-refractivity contribution in [2.45, 2.75) is 65.2 Å². The number of aryl methyl sites for hydroxylation is 1. The van der Waals surface area contributed by atoms with Crippen LogP contribution in [0.2, 0.25) is 0 Å². The molecule has 0 bridgehead atoms. The number of nitrogens with one attached hydrogen (secondary N) is 1. The van der Waals surface area contributed by atoms with Crippen LogP contribution in [0.1, 0.15) is 56.0 Å². The zero-order chi connectivity index (χ0) is 15.1. The van der Waals surface area contributed by atoms with Gasteiger partial charge in [0.05, 0.1) is 6.04 Å². The lowest BCUT2D eigenvalue weighted by Gasteiger charge is -2.41. The van der Waals surface area contributed by atoms with Gasteiger partial charge in [-0.2, -0.15) is 0 Å². The van der Waals surface area contributed by atoms with E-state index in [1.165, 1.54) is 22.6 Å². The van der Waals surface area contributed by atoms with Gasteiger partial charge in [-0.1, -0.05) is 13.8 Å². The fourth-order valence-electron chi connectivity index (χ4n) is 3.98. The minimum absolute atomic E-state index is 0.0658. The molecule has 1 aromatic heterocycles. The largest absolute Gasteiger partial charge is 0.317 e. The first-order valence-electron chi connectivity index (χ1n) is 8.12. The molecule has 5 atom stereocenters. The van der Waals surface area contributed by atoms with E-state index in [9.17, 15) is 4.79 Å². The standard InChI is InChI=1S/C17H26N2OS/c1-10-5-7-14(11(2)9-10)19-16(18-13(4)17(19)20)15-8-6-12(3)21-15/h6,8,10-11,13-14,16,18H,5,7,9H2,1-4H3. The molecule has 3 nitrogen and oxygen atoms in total. The van der Waals surface area contributed by atoms with Crippen molar-refractivity contribution in [3.05, 3.63) is 21.9 Å². The molecule has 1 amide bonds. The molecule has 2 aliphatic rings. The van der Waals surface area contributed by atoms with Crippen molar-refractivity contribution in [3.63, 3.8) is 0 Å². The highest BCUT2D eigenvalue weighted by Gasteiger charge is 2.44. The van der Waals surface area contributed by atoms with Gasteiger partial charge < -0.3 is 4.90 Å². The fraction of sp³-hybridized carbons (Fsp3) is 0.706. The van der Waals surface area contributed by atoms with Crippen molar-refractivity contribution in [1.82, 2.24) is 10.2 Å². The third-order valence-electron chi connectivity index (χ3n) is 5.09. The number of amides is 1. The van der Waals surface area contributed by atoms with Crippen LogP contribution in [0.3, 0.4) is 0 Å². The number of nitrogens with zero attached hydrogens (tertiary/aromatic N) is 1. The average molecular weight is 306 g/mol. The third-order valence-corrected chi connectivity index (χ3v) is 6.14. The highest BCUT2D eigenvalue weighted by atomic mass is 32.1. The summed E-state index contributed by atoms with van der Waals surface area (Å²) in [6.07, 6.45) is 3.69. The van der Waals surface area contributed by atoms with Gasteiger partial charge in [0, 0.05) is 15.8 Å². The molecule has 0 spiro atoms. The summed E-state index contributed by atoms with van der Waals surface area (Å²) in [4.78, 5) is 17.4. The Balaban J connectivity index is 1.87. The van der Waals surface area contributed by atoms with E-state index in [2.05, 4.69) is 43.1 Å². The summed E-state index contributed by atoms with van der Waals surface area (Å²) in [5.74, 6) is 1.66. The van der Waals surface area contributed by atoms with Crippen LogP contribution in [0.4, 0.5) is 0 Å². The summed E-state index contributed by atoms with van der Waals surface area (Å²) in [5, 5.41) is 3.50. The summed E-state index contributed by atoms with van der Waals surface area (Å²) in [6.45, 7) is 8.77.